The van der Waals surface area contributed by atoms with Gasteiger partial charge in [0, 0.05) is 17.8 Å². The first-order valence-corrected chi connectivity index (χ1v) is 4.22. The molecule has 13 heavy (non-hydrogen) atoms. The Balaban J connectivity index is 2.73. The zero-order valence-electron chi connectivity index (χ0n) is 7.72. The maximum atomic E-state index is 9.58. The van der Waals surface area contributed by atoms with Crippen LogP contribution in [0.3, 0.4) is 0 Å². The topological polar surface area (TPSA) is 64.1 Å². The summed E-state index contributed by atoms with van der Waals surface area (Å²) in [7, 11) is 0. The predicted molar refractivity (Wildman–Crippen MR) is 51.0 cm³/mol. The summed E-state index contributed by atoms with van der Waals surface area (Å²) in [5.41, 5.74) is 6.29. The van der Waals surface area contributed by atoms with Crippen molar-refractivity contribution >= 4 is 0 Å². The first-order chi connectivity index (χ1) is 6.15. The van der Waals surface area contributed by atoms with Crippen molar-refractivity contribution in [1.82, 2.24) is 9.78 Å². The molecule has 0 aliphatic rings. The molecule has 3 N–H and O–H groups in total. The third-order valence-corrected chi connectivity index (χ3v) is 1.81. The van der Waals surface area contributed by atoms with E-state index in [1.165, 1.54) is 0 Å². The maximum Gasteiger partial charge on any atom is 0.0968 e. The van der Waals surface area contributed by atoms with Gasteiger partial charge in [-0.05, 0) is 6.92 Å². The highest BCUT2D eigenvalue weighted by Gasteiger charge is 2.13. The molecule has 0 saturated carbocycles. The summed E-state index contributed by atoms with van der Waals surface area (Å²) in [5, 5.41) is 13.6. The summed E-state index contributed by atoms with van der Waals surface area (Å²) in [6.07, 6.45) is 4.50. The minimum Gasteiger partial charge on any atom is -0.387 e. The summed E-state index contributed by atoms with van der Waals surface area (Å²) in [6.45, 7) is 6.00. The standard InChI is InChI=1S/C9H15N3O/c1-3-4-12-6-8(5-11-12)9(13)7(2)10/h3,5-7,9,13H,1,4,10H2,2H3. The molecule has 1 rings (SSSR count). The van der Waals surface area contributed by atoms with Gasteiger partial charge in [-0.1, -0.05) is 6.08 Å². The van der Waals surface area contributed by atoms with Crippen LogP contribution in [0.4, 0.5) is 0 Å². The molecule has 2 unspecified atom stereocenters. The lowest BCUT2D eigenvalue weighted by molar-refractivity contribution is 0.153. The number of allylic oxidation sites excluding steroid dienone is 1. The number of rotatable bonds is 4. The fraction of sp³-hybridized carbons (Fsp3) is 0.444. The molecule has 0 bridgehead atoms. The van der Waals surface area contributed by atoms with Crippen LogP contribution in [-0.2, 0) is 6.54 Å². The number of aliphatic hydroxyl groups excluding tert-OH is 1. The summed E-state index contributed by atoms with van der Waals surface area (Å²) in [5.74, 6) is 0. The molecule has 0 aliphatic carbocycles. The van der Waals surface area contributed by atoms with Gasteiger partial charge < -0.3 is 10.8 Å². The first kappa shape index (κ1) is 9.95. The van der Waals surface area contributed by atoms with Crippen LogP contribution in [-0.4, -0.2) is 20.9 Å². The molecule has 72 valence electrons. The molecule has 1 heterocycles. The van der Waals surface area contributed by atoms with Gasteiger partial charge >= 0.3 is 0 Å². The van der Waals surface area contributed by atoms with E-state index in [2.05, 4.69) is 11.7 Å². The fourth-order valence-electron chi connectivity index (χ4n) is 1.07. The minimum atomic E-state index is -0.640. The first-order valence-electron chi connectivity index (χ1n) is 4.22. The molecule has 0 saturated heterocycles. The van der Waals surface area contributed by atoms with Gasteiger partial charge in [-0.15, -0.1) is 6.58 Å². The summed E-state index contributed by atoms with van der Waals surface area (Å²) < 4.78 is 1.70. The third kappa shape index (κ3) is 2.40. The second kappa shape index (κ2) is 4.20. The molecule has 0 fully saturated rings. The smallest absolute Gasteiger partial charge is 0.0968 e. The summed E-state index contributed by atoms with van der Waals surface area (Å²) in [4.78, 5) is 0. The van der Waals surface area contributed by atoms with Crippen molar-refractivity contribution in [3.8, 4) is 0 Å². The van der Waals surface area contributed by atoms with Crippen molar-refractivity contribution < 1.29 is 5.11 Å². The lowest BCUT2D eigenvalue weighted by Gasteiger charge is -2.11. The Bertz CT molecular complexity index is 280. The molecule has 0 aliphatic heterocycles. The van der Waals surface area contributed by atoms with Crippen LogP contribution in [0, 0.1) is 0 Å². The van der Waals surface area contributed by atoms with Gasteiger partial charge in [-0.3, -0.25) is 4.68 Å². The van der Waals surface area contributed by atoms with E-state index in [4.69, 9.17) is 5.73 Å². The van der Waals surface area contributed by atoms with Crippen molar-refractivity contribution in [3.05, 3.63) is 30.6 Å². The van der Waals surface area contributed by atoms with Crippen molar-refractivity contribution in [1.29, 1.82) is 0 Å². The Morgan fingerprint density at radius 2 is 2.54 bits per heavy atom. The van der Waals surface area contributed by atoms with Crippen molar-refractivity contribution in [2.75, 3.05) is 0 Å². The number of hydrogen-bond donors (Lipinski definition) is 2. The Morgan fingerprint density at radius 3 is 3.08 bits per heavy atom. The lowest BCUT2D eigenvalue weighted by Crippen LogP contribution is -2.24. The average molecular weight is 181 g/mol. The highest BCUT2D eigenvalue weighted by Crippen LogP contribution is 2.13. The van der Waals surface area contributed by atoms with E-state index >= 15 is 0 Å². The van der Waals surface area contributed by atoms with Crippen LogP contribution < -0.4 is 5.73 Å². The molecule has 0 aromatic carbocycles. The van der Waals surface area contributed by atoms with E-state index in [0.29, 0.717) is 6.54 Å². The Hall–Kier alpha value is -1.13. The quantitative estimate of drug-likeness (QED) is 0.663. The highest BCUT2D eigenvalue weighted by atomic mass is 16.3. The van der Waals surface area contributed by atoms with E-state index < -0.39 is 6.10 Å². The zero-order valence-corrected chi connectivity index (χ0v) is 7.72. The second-order valence-electron chi connectivity index (χ2n) is 3.09. The number of nitrogens with zero attached hydrogens (tertiary/aromatic N) is 2. The summed E-state index contributed by atoms with van der Waals surface area (Å²) in [6, 6.07) is -0.276. The molecular weight excluding hydrogens is 166 g/mol. The van der Waals surface area contributed by atoms with Gasteiger partial charge in [-0.25, -0.2) is 0 Å². The van der Waals surface area contributed by atoms with Gasteiger partial charge in [0.2, 0.25) is 0 Å². The molecule has 2 atom stereocenters. The average Bonchev–Trinajstić information content (AvgIpc) is 2.52. The lowest BCUT2D eigenvalue weighted by atomic mass is 10.1. The molecule has 0 spiro atoms. The van der Waals surface area contributed by atoms with Gasteiger partial charge in [0.25, 0.3) is 0 Å². The number of hydrogen-bond acceptors (Lipinski definition) is 3. The fourth-order valence-corrected chi connectivity index (χ4v) is 1.07. The molecule has 4 heteroatoms. The van der Waals surface area contributed by atoms with E-state index in [0.717, 1.165) is 5.56 Å². The van der Waals surface area contributed by atoms with E-state index in [1.54, 1.807) is 30.1 Å². The number of nitrogens with two attached hydrogens (primary N) is 1. The van der Waals surface area contributed by atoms with Crippen molar-refractivity contribution in [2.45, 2.75) is 25.6 Å². The predicted octanol–water partition coefficient (Wildman–Crippen LogP) is 0.450. The molecule has 0 amide bonds. The van der Waals surface area contributed by atoms with Gasteiger partial charge in [0.05, 0.1) is 18.8 Å². The van der Waals surface area contributed by atoms with E-state index in [9.17, 15) is 5.11 Å². The normalized spacial score (nSPS) is 15.3. The van der Waals surface area contributed by atoms with E-state index in [1.807, 2.05) is 0 Å². The SMILES string of the molecule is C=CCn1cc(C(O)C(C)N)cn1. The minimum absolute atomic E-state index is 0.276. The van der Waals surface area contributed by atoms with Crippen LogP contribution in [0.5, 0.6) is 0 Å². The monoisotopic (exact) mass is 181 g/mol. The van der Waals surface area contributed by atoms with Crippen LogP contribution in [0.15, 0.2) is 25.0 Å². The van der Waals surface area contributed by atoms with Gasteiger partial charge in [0.1, 0.15) is 0 Å². The van der Waals surface area contributed by atoms with Gasteiger partial charge in [0.15, 0.2) is 0 Å². The Morgan fingerprint density at radius 1 is 1.85 bits per heavy atom. The van der Waals surface area contributed by atoms with Crippen molar-refractivity contribution in [2.24, 2.45) is 5.73 Å². The molecule has 0 radical (unpaired) electrons. The number of aromatic nitrogens is 2. The summed E-state index contributed by atoms with van der Waals surface area (Å²) >= 11 is 0. The largest absolute Gasteiger partial charge is 0.387 e. The number of aliphatic hydroxyl groups is 1. The zero-order chi connectivity index (χ0) is 9.84. The second-order valence-corrected chi connectivity index (χ2v) is 3.09. The van der Waals surface area contributed by atoms with Gasteiger partial charge in [-0.2, -0.15) is 5.10 Å². The Kier molecular flexibility index (Phi) is 3.22. The van der Waals surface area contributed by atoms with Crippen molar-refractivity contribution in [3.63, 3.8) is 0 Å². The third-order valence-electron chi connectivity index (χ3n) is 1.81. The van der Waals surface area contributed by atoms with Crippen LogP contribution in [0.2, 0.25) is 0 Å². The molecule has 1 aromatic rings. The molecule has 1 aromatic heterocycles. The van der Waals surface area contributed by atoms with E-state index in [-0.39, 0.29) is 6.04 Å². The highest BCUT2D eigenvalue weighted by molar-refractivity contribution is 5.10. The maximum absolute atomic E-state index is 9.58. The molecular formula is C9H15N3O. The van der Waals surface area contributed by atoms with Crippen LogP contribution in [0.25, 0.3) is 0 Å². The van der Waals surface area contributed by atoms with Crippen LogP contribution >= 0.6 is 0 Å². The Labute approximate surface area is 77.7 Å². The van der Waals surface area contributed by atoms with Crippen LogP contribution in [0.1, 0.15) is 18.6 Å². The molecule has 4 nitrogen and oxygen atoms in total.